The van der Waals surface area contributed by atoms with Crippen LogP contribution in [0.1, 0.15) is 84.0 Å². The van der Waals surface area contributed by atoms with Crippen LogP contribution in [-0.2, 0) is 59.5 Å². The molecule has 1 unspecified atom stereocenters. The molecule has 7 amide bonds. The van der Waals surface area contributed by atoms with Crippen molar-refractivity contribution in [3.8, 4) is 0 Å². The minimum Gasteiger partial charge on any atom is -0.480 e. The third-order valence-electron chi connectivity index (χ3n) is 15.5. The zero-order chi connectivity index (χ0) is 60.6. The third kappa shape index (κ3) is 23.3. The topological polar surface area (TPSA) is 336 Å². The second-order valence-electron chi connectivity index (χ2n) is 22.4. The Kier molecular flexibility index (Phi) is 28.1. The smallest absolute Gasteiger partial charge is 0.317 e. The Morgan fingerprint density at radius 1 is 0.711 bits per heavy atom. The number of carboxylic acid groups (broad SMARTS) is 3. The van der Waals surface area contributed by atoms with E-state index in [1.54, 1.807) is 19.6 Å². The molecule has 8 N–H and O–H groups in total. The van der Waals surface area contributed by atoms with E-state index in [1.807, 2.05) is 55.7 Å². The van der Waals surface area contributed by atoms with Gasteiger partial charge in [-0.25, -0.2) is 4.99 Å². The van der Waals surface area contributed by atoms with E-state index in [2.05, 4.69) is 38.3 Å². The maximum atomic E-state index is 15.0. The van der Waals surface area contributed by atoms with Crippen molar-refractivity contribution in [2.45, 2.75) is 114 Å². The molecule has 28 heteroatoms. The van der Waals surface area contributed by atoms with E-state index < -0.39 is 77.0 Å². The highest BCUT2D eigenvalue weighted by Crippen LogP contribution is 2.26. The van der Waals surface area contributed by atoms with E-state index in [9.17, 15) is 63.3 Å². The van der Waals surface area contributed by atoms with Gasteiger partial charge >= 0.3 is 17.9 Å². The molecule has 4 atom stereocenters. The highest BCUT2D eigenvalue weighted by atomic mass is 32.2. The van der Waals surface area contributed by atoms with Crippen LogP contribution in [0.25, 0.3) is 0 Å². The summed E-state index contributed by atoms with van der Waals surface area (Å²) in [4.78, 5) is 153. The van der Waals surface area contributed by atoms with Gasteiger partial charge in [0.15, 0.2) is 0 Å². The summed E-state index contributed by atoms with van der Waals surface area (Å²) in [5, 5.41) is 43.9. The van der Waals surface area contributed by atoms with Gasteiger partial charge in [-0.15, -0.1) is 0 Å². The molecule has 5 heterocycles. The van der Waals surface area contributed by atoms with Gasteiger partial charge in [0, 0.05) is 114 Å². The molecule has 26 nitrogen and oxygen atoms in total. The summed E-state index contributed by atoms with van der Waals surface area (Å²) in [7, 11) is 0. The number of piperidine rings is 2. The van der Waals surface area contributed by atoms with Crippen molar-refractivity contribution in [2.24, 2.45) is 16.8 Å². The zero-order valence-corrected chi connectivity index (χ0v) is 50.2. The van der Waals surface area contributed by atoms with Crippen molar-refractivity contribution >= 4 is 89.5 Å². The van der Waals surface area contributed by atoms with Crippen LogP contribution in [0.15, 0.2) is 23.2 Å². The number of amides is 7. The van der Waals surface area contributed by atoms with Gasteiger partial charge in [0.1, 0.15) is 23.7 Å². The molecule has 0 aromatic carbocycles. The van der Waals surface area contributed by atoms with Gasteiger partial charge < -0.3 is 46.8 Å². The largest absolute Gasteiger partial charge is 0.480 e. The molecular weight excluding hydrogens is 1110 g/mol. The molecule has 2 bridgehead atoms. The maximum absolute atomic E-state index is 15.0. The van der Waals surface area contributed by atoms with E-state index in [-0.39, 0.29) is 153 Å². The fourth-order valence-electron chi connectivity index (χ4n) is 10.4. The number of thioether (sulfide) groups is 2. The Labute approximate surface area is 494 Å². The summed E-state index contributed by atoms with van der Waals surface area (Å²) in [6, 6.07) is 2.13. The molecule has 3 saturated heterocycles. The number of carbonyl (C=O) groups is 10. The quantitative estimate of drug-likeness (QED) is 0.0945. The van der Waals surface area contributed by atoms with Crippen LogP contribution in [0.5, 0.6) is 0 Å². The Bertz CT molecular complexity index is 2380. The monoisotopic (exact) mass is 1200 g/mol. The number of nitrogens with one attached hydrogen (secondary N) is 5. The van der Waals surface area contributed by atoms with Gasteiger partial charge in [-0.3, -0.25) is 77.4 Å². The van der Waals surface area contributed by atoms with E-state index in [0.29, 0.717) is 49.6 Å². The molecule has 0 saturated carbocycles. The summed E-state index contributed by atoms with van der Waals surface area (Å²) in [6.07, 6.45) is 1.78. The summed E-state index contributed by atoms with van der Waals surface area (Å²) in [5.41, 5.74) is -0.0392. The first-order chi connectivity index (χ1) is 39.5. The van der Waals surface area contributed by atoms with E-state index in [1.165, 1.54) is 23.5 Å². The maximum Gasteiger partial charge on any atom is 0.317 e. The van der Waals surface area contributed by atoms with Crippen molar-refractivity contribution in [3.05, 3.63) is 29.6 Å². The number of aromatic nitrogens is 1. The van der Waals surface area contributed by atoms with Crippen LogP contribution in [-0.4, -0.2) is 268 Å². The van der Waals surface area contributed by atoms with Crippen molar-refractivity contribution in [1.82, 2.24) is 61.0 Å². The van der Waals surface area contributed by atoms with Crippen molar-refractivity contribution in [3.63, 3.8) is 0 Å². The number of aliphatic carboxylic acids is 3. The molecular formula is C55H87N13O13S2. The minimum absolute atomic E-state index is 0.0211. The Morgan fingerprint density at radius 2 is 1.23 bits per heavy atom. The molecule has 1 aromatic rings. The third-order valence-corrected chi connectivity index (χ3v) is 17.6. The predicted molar refractivity (Wildman–Crippen MR) is 313 cm³/mol. The lowest BCUT2D eigenvalue weighted by Crippen LogP contribution is -2.66. The molecule has 4 aliphatic heterocycles. The average Bonchev–Trinajstić information content (AvgIpc) is 3.47. The standard InChI is InChI=1S/C55H87N13O13S2/c1-6-38(4)50-53(80)59-43(52(79)58-39-10-15-63(16-11-39)29-45(70)56-5)36-83-35-41-9-7-8-40(57-41)34-82-27-12-44(69)62-55(54(81)60-42(28-37(2)3)51(78)61-50)13-17-68(18-14-55)46(71)30-64-19-21-65(31-47(72)73)23-25-67(33-49(76)77)26-24-66(22-20-64)32-48(74)75/h7-9,37-39,42-43,50H,5-6,10-36H2,1-4H3,(H,58,79)(H,59,80)(H,60,81)(H,61,78)(H,62,69)(H,72,73)(H,74,75)(H,76,77)/t38-,42?,43+,50-/m0/s1. The van der Waals surface area contributed by atoms with E-state index >= 15 is 0 Å². The van der Waals surface area contributed by atoms with Crippen LogP contribution < -0.4 is 26.6 Å². The number of likely N-dealkylation sites (tertiary alicyclic amines) is 2. The van der Waals surface area contributed by atoms with E-state index in [4.69, 9.17) is 4.98 Å². The van der Waals surface area contributed by atoms with Gasteiger partial charge in [-0.1, -0.05) is 40.2 Å². The number of nitrogens with zero attached hydrogens (tertiary/aromatic N) is 8. The summed E-state index contributed by atoms with van der Waals surface area (Å²) in [6.45, 7) is 12.7. The molecule has 5 rings (SSSR count). The number of aliphatic imine (C=N–C) groups is 1. The molecule has 462 valence electrons. The summed E-state index contributed by atoms with van der Waals surface area (Å²) < 4.78 is 0. The average molecular weight is 1200 g/mol. The Balaban J connectivity index is 1.37. The van der Waals surface area contributed by atoms with Crippen molar-refractivity contribution < 1.29 is 63.3 Å². The number of fused-ring (bicyclic) bond motifs is 2. The Hall–Kier alpha value is -5.78. The van der Waals surface area contributed by atoms with Crippen LogP contribution in [0.3, 0.4) is 0 Å². The van der Waals surface area contributed by atoms with Crippen LogP contribution in [0.2, 0.25) is 0 Å². The van der Waals surface area contributed by atoms with Crippen LogP contribution in [0, 0.1) is 11.8 Å². The second kappa shape index (κ2) is 34.2. The highest BCUT2D eigenvalue weighted by molar-refractivity contribution is 7.98. The van der Waals surface area contributed by atoms with Gasteiger partial charge in [0.25, 0.3) is 5.91 Å². The predicted octanol–water partition coefficient (Wildman–Crippen LogP) is -0.741. The number of hydrogen-bond donors (Lipinski definition) is 8. The lowest BCUT2D eigenvalue weighted by atomic mass is 9.85. The van der Waals surface area contributed by atoms with Crippen LogP contribution >= 0.6 is 23.5 Å². The molecule has 0 radical (unpaired) electrons. The van der Waals surface area contributed by atoms with E-state index in [0.717, 1.165) is 11.4 Å². The second-order valence-corrected chi connectivity index (χ2v) is 24.6. The molecule has 3 fully saturated rings. The fraction of sp³-hybridized carbons (Fsp3) is 0.709. The van der Waals surface area contributed by atoms with Gasteiger partial charge in [0.05, 0.1) is 44.1 Å². The molecule has 1 spiro atoms. The summed E-state index contributed by atoms with van der Waals surface area (Å²) in [5.74, 6) is -5.60. The first-order valence-corrected chi connectivity index (χ1v) is 31.0. The first kappa shape index (κ1) is 68.0. The number of pyridine rings is 1. The molecule has 1 aromatic heterocycles. The molecule has 0 aliphatic carbocycles. The number of carboxylic acids is 3. The normalized spacial score (nSPS) is 23.3. The van der Waals surface area contributed by atoms with Crippen LogP contribution in [0.4, 0.5) is 0 Å². The first-order valence-electron chi connectivity index (χ1n) is 28.7. The number of rotatable bonds is 16. The SMILES string of the molecule is C=NC(=O)CN1CCC(NC(=O)[C@H]2CSCc3cccc(n3)CSCCC(=O)NC3(CCN(C(=O)CN4CCN(CC(=O)O)CCN(CC(=O)O)CCN(CC(=O)O)CC4)CC3)C(=O)NC(CC(C)C)C(=O)N[C@@H]([C@@H](C)CC)C(=O)N2)CC1. The van der Waals surface area contributed by atoms with Gasteiger partial charge in [-0.2, -0.15) is 23.5 Å². The summed E-state index contributed by atoms with van der Waals surface area (Å²) >= 11 is 2.91. The molecule has 4 aliphatic rings. The van der Waals surface area contributed by atoms with Crippen molar-refractivity contribution in [2.75, 3.05) is 123 Å². The number of hydrogen-bond acceptors (Lipinski definition) is 18. The lowest BCUT2D eigenvalue weighted by Gasteiger charge is -2.42. The fourth-order valence-corrected chi connectivity index (χ4v) is 12.2. The Morgan fingerprint density at radius 3 is 1.73 bits per heavy atom. The van der Waals surface area contributed by atoms with Gasteiger partial charge in [-0.05, 0) is 62.8 Å². The van der Waals surface area contributed by atoms with Gasteiger partial charge in [0.2, 0.25) is 35.4 Å². The molecule has 83 heavy (non-hydrogen) atoms. The zero-order valence-electron chi connectivity index (χ0n) is 48.5. The number of carbonyl (C=O) groups excluding carboxylic acids is 7. The lowest BCUT2D eigenvalue weighted by molar-refractivity contribution is -0.142. The minimum atomic E-state index is -1.57. The highest BCUT2D eigenvalue weighted by Gasteiger charge is 2.45. The van der Waals surface area contributed by atoms with Crippen molar-refractivity contribution in [1.29, 1.82) is 0 Å².